The molecule has 2 aromatic carbocycles. The number of alkyl halides is 3. The zero-order valence-corrected chi connectivity index (χ0v) is 17.9. The number of oxazole rings is 1. The highest BCUT2D eigenvalue weighted by Crippen LogP contribution is 2.29. The highest BCUT2D eigenvalue weighted by atomic mass is 19.4. The maximum Gasteiger partial charge on any atom is 0.416 e. The van der Waals surface area contributed by atoms with Crippen LogP contribution in [0.5, 0.6) is 0 Å². The molecule has 6 nitrogen and oxygen atoms in total. The van der Waals surface area contributed by atoms with Crippen molar-refractivity contribution in [2.24, 2.45) is 0 Å². The number of ether oxygens (including phenoxy) is 1. The number of morpholine rings is 1. The van der Waals surface area contributed by atoms with Gasteiger partial charge in [-0.25, -0.2) is 4.98 Å². The standard InChI is InChI=1S/C24H24F3N3O3/c25-24(26,27)20-8-6-19(7-9-20)15-29(14-18-4-2-1-3-5-18)16-22-28-21(17-33-22)23(31)30-10-12-32-13-11-30/h1-9,17H,10-16H2. The Morgan fingerprint density at radius 3 is 2.21 bits per heavy atom. The number of halogens is 3. The van der Waals surface area contributed by atoms with Crippen LogP contribution in [0.4, 0.5) is 13.2 Å². The number of aromatic nitrogens is 1. The first kappa shape index (κ1) is 23.0. The van der Waals surface area contributed by atoms with Crippen molar-refractivity contribution in [2.75, 3.05) is 26.3 Å². The van der Waals surface area contributed by atoms with Gasteiger partial charge in [0.15, 0.2) is 5.69 Å². The summed E-state index contributed by atoms with van der Waals surface area (Å²) in [6, 6.07) is 14.8. The first-order valence-electron chi connectivity index (χ1n) is 10.6. The van der Waals surface area contributed by atoms with Crippen molar-refractivity contribution in [1.29, 1.82) is 0 Å². The summed E-state index contributed by atoms with van der Waals surface area (Å²) in [5.74, 6) is 0.167. The number of hydrogen-bond donors (Lipinski definition) is 0. The van der Waals surface area contributed by atoms with Crippen LogP contribution in [0.15, 0.2) is 65.3 Å². The minimum atomic E-state index is -4.37. The van der Waals surface area contributed by atoms with Crippen LogP contribution in [0.25, 0.3) is 0 Å². The quantitative estimate of drug-likeness (QED) is 0.525. The number of hydrogen-bond acceptors (Lipinski definition) is 5. The van der Waals surface area contributed by atoms with E-state index in [2.05, 4.69) is 4.98 Å². The molecule has 3 aromatic rings. The van der Waals surface area contributed by atoms with Crippen LogP contribution < -0.4 is 0 Å². The third-order valence-electron chi connectivity index (χ3n) is 5.36. The predicted molar refractivity (Wildman–Crippen MR) is 114 cm³/mol. The Morgan fingerprint density at radius 2 is 1.58 bits per heavy atom. The number of carbonyl (C=O) groups excluding carboxylic acids is 1. The van der Waals surface area contributed by atoms with E-state index in [0.717, 1.165) is 23.3 Å². The number of carbonyl (C=O) groups is 1. The minimum Gasteiger partial charge on any atom is -0.447 e. The Kier molecular flexibility index (Phi) is 7.10. The summed E-state index contributed by atoms with van der Waals surface area (Å²) in [6.45, 7) is 3.23. The zero-order chi connectivity index (χ0) is 23.3. The Hall–Kier alpha value is -3.17. The van der Waals surface area contributed by atoms with Crippen molar-refractivity contribution < 1.29 is 27.1 Å². The molecule has 0 unspecified atom stereocenters. The van der Waals surface area contributed by atoms with Gasteiger partial charge in [-0.1, -0.05) is 42.5 Å². The van der Waals surface area contributed by atoms with E-state index >= 15 is 0 Å². The third-order valence-corrected chi connectivity index (χ3v) is 5.36. The van der Waals surface area contributed by atoms with Crippen LogP contribution in [0.3, 0.4) is 0 Å². The molecule has 9 heteroatoms. The highest BCUT2D eigenvalue weighted by Gasteiger charge is 2.30. The average Bonchev–Trinajstić information content (AvgIpc) is 3.28. The lowest BCUT2D eigenvalue weighted by Gasteiger charge is -2.25. The summed E-state index contributed by atoms with van der Waals surface area (Å²) >= 11 is 0. The third kappa shape index (κ3) is 6.21. The van der Waals surface area contributed by atoms with E-state index in [-0.39, 0.29) is 11.6 Å². The molecule has 0 aliphatic carbocycles. The molecule has 2 heterocycles. The maximum atomic E-state index is 12.9. The Labute approximate surface area is 189 Å². The Bertz CT molecular complexity index is 1050. The fourth-order valence-corrected chi connectivity index (χ4v) is 3.67. The zero-order valence-electron chi connectivity index (χ0n) is 17.9. The van der Waals surface area contributed by atoms with Gasteiger partial charge in [-0.3, -0.25) is 9.69 Å². The predicted octanol–water partition coefficient (Wildman–Crippen LogP) is 4.37. The van der Waals surface area contributed by atoms with Crippen LogP contribution in [-0.2, 0) is 30.5 Å². The van der Waals surface area contributed by atoms with Gasteiger partial charge < -0.3 is 14.1 Å². The number of amides is 1. The van der Waals surface area contributed by atoms with Crippen molar-refractivity contribution in [2.45, 2.75) is 25.8 Å². The molecule has 33 heavy (non-hydrogen) atoms. The van der Waals surface area contributed by atoms with Crippen LogP contribution >= 0.6 is 0 Å². The van der Waals surface area contributed by atoms with Gasteiger partial charge in [0.25, 0.3) is 5.91 Å². The smallest absolute Gasteiger partial charge is 0.416 e. The molecule has 0 spiro atoms. The summed E-state index contributed by atoms with van der Waals surface area (Å²) in [6.07, 6.45) is -3.02. The van der Waals surface area contributed by atoms with Crippen molar-refractivity contribution in [3.05, 3.63) is 89.1 Å². The maximum absolute atomic E-state index is 12.9. The van der Waals surface area contributed by atoms with Crippen molar-refractivity contribution in [3.63, 3.8) is 0 Å². The average molecular weight is 459 g/mol. The normalized spacial score (nSPS) is 14.6. The van der Waals surface area contributed by atoms with Gasteiger partial charge in [-0.15, -0.1) is 0 Å². The molecule has 174 valence electrons. The van der Waals surface area contributed by atoms with Crippen LogP contribution in [-0.4, -0.2) is 47.0 Å². The largest absolute Gasteiger partial charge is 0.447 e. The summed E-state index contributed by atoms with van der Waals surface area (Å²) in [5, 5.41) is 0. The summed E-state index contributed by atoms with van der Waals surface area (Å²) in [5.41, 5.74) is 1.33. The topological polar surface area (TPSA) is 58.8 Å². The van der Waals surface area contributed by atoms with E-state index < -0.39 is 11.7 Å². The van der Waals surface area contributed by atoms with E-state index in [1.54, 1.807) is 4.90 Å². The van der Waals surface area contributed by atoms with E-state index in [9.17, 15) is 18.0 Å². The molecular formula is C24H24F3N3O3. The fraction of sp³-hybridized carbons (Fsp3) is 0.333. The van der Waals surface area contributed by atoms with Crippen LogP contribution in [0.2, 0.25) is 0 Å². The molecule has 0 bridgehead atoms. The number of rotatable bonds is 7. The molecule has 1 aliphatic rings. The van der Waals surface area contributed by atoms with Gasteiger partial charge in [-0.05, 0) is 23.3 Å². The van der Waals surface area contributed by atoms with E-state index in [1.165, 1.54) is 18.4 Å². The minimum absolute atomic E-state index is 0.203. The number of benzene rings is 2. The molecule has 1 aromatic heterocycles. The monoisotopic (exact) mass is 459 g/mol. The number of nitrogens with zero attached hydrogens (tertiary/aromatic N) is 3. The fourth-order valence-electron chi connectivity index (χ4n) is 3.67. The molecule has 1 amide bonds. The molecule has 0 saturated carbocycles. The molecular weight excluding hydrogens is 435 g/mol. The van der Waals surface area contributed by atoms with Gasteiger partial charge in [0, 0.05) is 26.2 Å². The second-order valence-corrected chi connectivity index (χ2v) is 7.86. The molecule has 1 saturated heterocycles. The Morgan fingerprint density at radius 1 is 0.939 bits per heavy atom. The molecule has 0 atom stereocenters. The second kappa shape index (κ2) is 10.2. The van der Waals surface area contributed by atoms with Crippen LogP contribution in [0, 0.1) is 0 Å². The lowest BCUT2D eigenvalue weighted by Crippen LogP contribution is -2.40. The van der Waals surface area contributed by atoms with Crippen LogP contribution in [0.1, 0.15) is 33.1 Å². The molecule has 0 radical (unpaired) electrons. The van der Waals surface area contributed by atoms with Crippen molar-refractivity contribution in [3.8, 4) is 0 Å². The lowest BCUT2D eigenvalue weighted by atomic mass is 10.1. The molecule has 4 rings (SSSR count). The first-order valence-corrected chi connectivity index (χ1v) is 10.6. The lowest BCUT2D eigenvalue weighted by molar-refractivity contribution is -0.137. The van der Waals surface area contributed by atoms with Gasteiger partial charge in [0.1, 0.15) is 6.26 Å². The van der Waals surface area contributed by atoms with Crippen molar-refractivity contribution in [1.82, 2.24) is 14.8 Å². The summed E-state index contributed by atoms with van der Waals surface area (Å²) in [4.78, 5) is 20.7. The van der Waals surface area contributed by atoms with Gasteiger partial charge in [-0.2, -0.15) is 13.2 Å². The van der Waals surface area contributed by atoms with Gasteiger partial charge >= 0.3 is 6.18 Å². The second-order valence-electron chi connectivity index (χ2n) is 7.86. The summed E-state index contributed by atoms with van der Waals surface area (Å²) < 4.78 is 49.5. The Balaban J connectivity index is 1.48. The SMILES string of the molecule is O=C(c1coc(CN(Cc2ccccc2)Cc2ccc(C(F)(F)F)cc2)n1)N1CCOCC1. The van der Waals surface area contributed by atoms with E-state index in [4.69, 9.17) is 9.15 Å². The molecule has 1 fully saturated rings. The molecule has 1 aliphatic heterocycles. The van der Waals surface area contributed by atoms with E-state index in [1.807, 2.05) is 35.2 Å². The summed E-state index contributed by atoms with van der Waals surface area (Å²) in [7, 11) is 0. The highest BCUT2D eigenvalue weighted by molar-refractivity contribution is 5.92. The molecule has 0 N–H and O–H groups in total. The van der Waals surface area contributed by atoms with E-state index in [0.29, 0.717) is 51.8 Å². The van der Waals surface area contributed by atoms with Crippen molar-refractivity contribution >= 4 is 5.91 Å². The van der Waals surface area contributed by atoms with Gasteiger partial charge in [0.2, 0.25) is 5.89 Å². The van der Waals surface area contributed by atoms with Gasteiger partial charge in [0.05, 0.1) is 25.3 Å². The first-order chi connectivity index (χ1) is 15.9.